The molecule has 0 spiro atoms. The highest BCUT2D eigenvalue weighted by atomic mass is 35.5. The van der Waals surface area contributed by atoms with Gasteiger partial charge in [0, 0.05) is 26.0 Å². The maximum Gasteiger partial charge on any atom is 0.435 e. The lowest BCUT2D eigenvalue weighted by atomic mass is 9.92. The third-order valence-electron chi connectivity index (χ3n) is 4.62. The summed E-state index contributed by atoms with van der Waals surface area (Å²) in [6, 6.07) is 7.10. The first-order chi connectivity index (χ1) is 12.8. The van der Waals surface area contributed by atoms with Gasteiger partial charge in [-0.2, -0.15) is 18.3 Å². The Hall–Kier alpha value is -2.10. The number of nitrogens with zero attached hydrogens (tertiary/aromatic N) is 2. The molecule has 2 aromatic rings. The molecule has 1 saturated heterocycles. The zero-order valence-corrected chi connectivity index (χ0v) is 15.8. The van der Waals surface area contributed by atoms with E-state index < -0.39 is 17.9 Å². The molecule has 154 valence electrons. The smallest absolute Gasteiger partial charge is 0.381 e. The van der Waals surface area contributed by atoms with Crippen LogP contribution in [0, 0.1) is 5.92 Å². The van der Waals surface area contributed by atoms with Crippen LogP contribution < -0.4 is 11.1 Å². The van der Waals surface area contributed by atoms with E-state index in [0.717, 1.165) is 29.2 Å². The van der Waals surface area contributed by atoms with Gasteiger partial charge < -0.3 is 15.8 Å². The standard InChI is InChI=1S/C18H21F3N4O2.ClH/c19-18(20,21)15-5-8-25(24-15)14-3-1-12(2-4-14)11-23-17(26)16(22)13-6-9-27-10-7-13;/h1-5,8,13,16H,6-7,9-11,22H2,(H,23,26);1H. The largest absolute Gasteiger partial charge is 0.435 e. The molecule has 1 amide bonds. The number of amides is 1. The van der Waals surface area contributed by atoms with Crippen LogP contribution >= 0.6 is 12.4 Å². The molecule has 0 saturated carbocycles. The Bertz CT molecular complexity index is 774. The van der Waals surface area contributed by atoms with Gasteiger partial charge in [-0.05, 0) is 42.5 Å². The van der Waals surface area contributed by atoms with Crippen molar-refractivity contribution in [2.24, 2.45) is 11.7 Å². The van der Waals surface area contributed by atoms with Gasteiger partial charge in [0.25, 0.3) is 0 Å². The van der Waals surface area contributed by atoms with Crippen molar-refractivity contribution in [1.29, 1.82) is 0 Å². The molecular weight excluding hydrogens is 397 g/mol. The molecule has 1 fully saturated rings. The van der Waals surface area contributed by atoms with Crippen molar-refractivity contribution >= 4 is 18.3 Å². The van der Waals surface area contributed by atoms with Crippen LogP contribution in [0.1, 0.15) is 24.1 Å². The number of hydrogen-bond acceptors (Lipinski definition) is 4. The van der Waals surface area contributed by atoms with Crippen molar-refractivity contribution < 1.29 is 22.7 Å². The van der Waals surface area contributed by atoms with Crippen molar-refractivity contribution in [2.75, 3.05) is 13.2 Å². The molecule has 2 heterocycles. The molecule has 1 aromatic carbocycles. The number of nitrogens with two attached hydrogens (primary N) is 1. The van der Waals surface area contributed by atoms with Crippen LogP contribution in [0.15, 0.2) is 36.5 Å². The predicted molar refractivity (Wildman–Crippen MR) is 99.2 cm³/mol. The zero-order valence-electron chi connectivity index (χ0n) is 15.0. The molecule has 1 aliphatic heterocycles. The van der Waals surface area contributed by atoms with E-state index in [4.69, 9.17) is 10.5 Å². The highest BCUT2D eigenvalue weighted by molar-refractivity contribution is 5.85. The van der Waals surface area contributed by atoms with Gasteiger partial charge in [-0.25, -0.2) is 4.68 Å². The van der Waals surface area contributed by atoms with Gasteiger partial charge in [0.15, 0.2) is 5.69 Å². The number of carbonyl (C=O) groups excluding carboxylic acids is 1. The van der Waals surface area contributed by atoms with Gasteiger partial charge in [0.1, 0.15) is 0 Å². The number of carbonyl (C=O) groups is 1. The maximum atomic E-state index is 12.6. The Balaban J connectivity index is 0.00000280. The fourth-order valence-corrected chi connectivity index (χ4v) is 2.98. The molecule has 0 radical (unpaired) electrons. The van der Waals surface area contributed by atoms with E-state index >= 15 is 0 Å². The van der Waals surface area contributed by atoms with Crippen molar-refractivity contribution in [3.05, 3.63) is 47.8 Å². The third-order valence-corrected chi connectivity index (χ3v) is 4.62. The molecular formula is C18H22ClF3N4O2. The molecule has 3 rings (SSSR count). The lowest BCUT2D eigenvalue weighted by molar-refractivity contribution is -0.141. The molecule has 0 aliphatic carbocycles. The molecule has 1 atom stereocenters. The molecule has 3 N–H and O–H groups in total. The lowest BCUT2D eigenvalue weighted by Gasteiger charge is -2.26. The minimum Gasteiger partial charge on any atom is -0.381 e. The van der Waals surface area contributed by atoms with Crippen LogP contribution in [0.4, 0.5) is 13.2 Å². The predicted octanol–water partition coefficient (Wildman–Crippen LogP) is 2.68. The normalized spacial score (nSPS) is 16.3. The average Bonchev–Trinajstić information content (AvgIpc) is 3.17. The molecule has 10 heteroatoms. The van der Waals surface area contributed by atoms with Gasteiger partial charge in [-0.1, -0.05) is 12.1 Å². The second kappa shape index (κ2) is 9.40. The summed E-state index contributed by atoms with van der Waals surface area (Å²) in [5.41, 5.74) is 6.39. The van der Waals surface area contributed by atoms with Gasteiger partial charge in [0.05, 0.1) is 11.7 Å². The highest BCUT2D eigenvalue weighted by Gasteiger charge is 2.33. The van der Waals surface area contributed by atoms with Crippen LogP contribution in [-0.2, 0) is 22.3 Å². The Morgan fingerprint density at radius 2 is 1.89 bits per heavy atom. The summed E-state index contributed by atoms with van der Waals surface area (Å²) in [6.45, 7) is 1.54. The fourth-order valence-electron chi connectivity index (χ4n) is 2.98. The van der Waals surface area contributed by atoms with E-state index in [9.17, 15) is 18.0 Å². The van der Waals surface area contributed by atoms with E-state index in [1.165, 1.54) is 6.20 Å². The van der Waals surface area contributed by atoms with Crippen LogP contribution in [0.25, 0.3) is 5.69 Å². The van der Waals surface area contributed by atoms with Crippen molar-refractivity contribution in [3.8, 4) is 5.69 Å². The number of nitrogens with one attached hydrogen (secondary N) is 1. The van der Waals surface area contributed by atoms with E-state index in [1.54, 1.807) is 24.3 Å². The Morgan fingerprint density at radius 1 is 1.25 bits per heavy atom. The molecule has 0 bridgehead atoms. The Morgan fingerprint density at radius 3 is 2.46 bits per heavy atom. The number of aromatic nitrogens is 2. The summed E-state index contributed by atoms with van der Waals surface area (Å²) >= 11 is 0. The first kappa shape index (κ1) is 22.2. The molecule has 1 aromatic heterocycles. The second-order valence-electron chi connectivity index (χ2n) is 6.50. The summed E-state index contributed by atoms with van der Waals surface area (Å²) in [5, 5.41) is 6.33. The SMILES string of the molecule is Cl.NC(C(=O)NCc1ccc(-n2ccc(C(F)(F)F)n2)cc1)C1CCOCC1. The summed E-state index contributed by atoms with van der Waals surface area (Å²) in [7, 11) is 0. The average molecular weight is 419 g/mol. The van der Waals surface area contributed by atoms with Crippen LogP contribution in [0.3, 0.4) is 0 Å². The summed E-state index contributed by atoms with van der Waals surface area (Å²) in [5.74, 6) is -0.100. The number of benzene rings is 1. The summed E-state index contributed by atoms with van der Waals surface area (Å²) < 4.78 is 44.3. The number of ether oxygens (including phenoxy) is 1. The minimum atomic E-state index is -4.47. The van der Waals surface area contributed by atoms with Crippen molar-refractivity contribution in [1.82, 2.24) is 15.1 Å². The first-order valence-electron chi connectivity index (χ1n) is 8.68. The van der Waals surface area contributed by atoms with Crippen molar-refractivity contribution in [3.63, 3.8) is 0 Å². The number of alkyl halides is 3. The molecule has 6 nitrogen and oxygen atoms in total. The number of hydrogen-bond donors (Lipinski definition) is 2. The zero-order chi connectivity index (χ0) is 19.4. The molecule has 1 aliphatic rings. The van der Waals surface area contributed by atoms with Crippen LogP contribution in [0.5, 0.6) is 0 Å². The van der Waals surface area contributed by atoms with Gasteiger partial charge in [0.2, 0.25) is 5.91 Å². The van der Waals surface area contributed by atoms with Gasteiger partial charge in [-0.15, -0.1) is 12.4 Å². The topological polar surface area (TPSA) is 82.2 Å². The van der Waals surface area contributed by atoms with E-state index in [-0.39, 0.29) is 24.2 Å². The fraction of sp³-hybridized carbons (Fsp3) is 0.444. The second-order valence-corrected chi connectivity index (χ2v) is 6.50. The number of rotatable bonds is 5. The van der Waals surface area contributed by atoms with Gasteiger partial charge >= 0.3 is 6.18 Å². The summed E-state index contributed by atoms with van der Waals surface area (Å²) in [4.78, 5) is 12.2. The van der Waals surface area contributed by atoms with Crippen LogP contribution in [-0.4, -0.2) is 34.9 Å². The van der Waals surface area contributed by atoms with Gasteiger partial charge in [-0.3, -0.25) is 4.79 Å². The minimum absolute atomic E-state index is 0. The van der Waals surface area contributed by atoms with E-state index in [2.05, 4.69) is 10.4 Å². The maximum absolute atomic E-state index is 12.6. The van der Waals surface area contributed by atoms with Crippen molar-refractivity contribution in [2.45, 2.75) is 31.6 Å². The molecule has 1 unspecified atom stereocenters. The quantitative estimate of drug-likeness (QED) is 0.782. The highest BCUT2D eigenvalue weighted by Crippen LogP contribution is 2.27. The van der Waals surface area contributed by atoms with E-state index in [1.807, 2.05) is 0 Å². The summed E-state index contributed by atoms with van der Waals surface area (Å²) in [6.07, 6.45) is -1.68. The number of halogens is 4. The Kier molecular flexibility index (Phi) is 7.45. The first-order valence-corrected chi connectivity index (χ1v) is 8.68. The lowest BCUT2D eigenvalue weighted by Crippen LogP contribution is -2.46. The van der Waals surface area contributed by atoms with E-state index in [0.29, 0.717) is 25.4 Å². The third kappa shape index (κ3) is 5.46. The van der Waals surface area contributed by atoms with Crippen LogP contribution in [0.2, 0.25) is 0 Å². The molecule has 28 heavy (non-hydrogen) atoms. The Labute approximate surface area is 166 Å². The monoisotopic (exact) mass is 418 g/mol.